The number of carbonyl (C=O) groups excluding carboxylic acids is 2. The topological polar surface area (TPSA) is 76.7 Å². The molecule has 0 radical (unpaired) electrons. The molecule has 2 aromatic carbocycles. The Morgan fingerprint density at radius 2 is 1.86 bits per heavy atom. The Morgan fingerprint density at radius 1 is 1.11 bits per heavy atom. The number of halogens is 1. The Kier molecular flexibility index (Phi) is 7.70. The molecule has 2 N–H and O–H groups in total. The van der Waals surface area contributed by atoms with E-state index in [-0.39, 0.29) is 17.7 Å². The molecule has 6 nitrogen and oxygen atoms in total. The first-order valence-corrected chi connectivity index (χ1v) is 9.30. The van der Waals surface area contributed by atoms with E-state index in [1.807, 2.05) is 38.1 Å². The molecule has 0 heterocycles. The van der Waals surface area contributed by atoms with E-state index in [4.69, 9.17) is 21.1 Å². The van der Waals surface area contributed by atoms with E-state index in [9.17, 15) is 9.59 Å². The normalized spacial score (nSPS) is 10.5. The summed E-state index contributed by atoms with van der Waals surface area (Å²) in [5, 5.41) is 6.00. The summed E-state index contributed by atoms with van der Waals surface area (Å²) in [6.07, 6.45) is 0.459. The van der Waals surface area contributed by atoms with Crippen molar-refractivity contribution in [3.8, 4) is 11.5 Å². The van der Waals surface area contributed by atoms with Crippen molar-refractivity contribution in [1.29, 1.82) is 0 Å². The van der Waals surface area contributed by atoms with Crippen LogP contribution in [-0.2, 0) is 11.3 Å². The molecule has 150 valence electrons. The van der Waals surface area contributed by atoms with E-state index in [1.54, 1.807) is 6.07 Å². The summed E-state index contributed by atoms with van der Waals surface area (Å²) >= 11 is 6.15. The number of carbonyl (C=O) groups is 2. The largest absolute Gasteiger partial charge is 0.493 e. The number of anilines is 1. The highest BCUT2D eigenvalue weighted by Crippen LogP contribution is 2.35. The fraction of sp³-hybridized carbons (Fsp3) is 0.333. The van der Waals surface area contributed by atoms with Crippen molar-refractivity contribution in [3.63, 3.8) is 0 Å². The zero-order chi connectivity index (χ0) is 20.7. The number of hydrogen-bond donors (Lipinski definition) is 2. The Balaban J connectivity index is 2.04. The fourth-order valence-corrected chi connectivity index (χ4v) is 2.96. The van der Waals surface area contributed by atoms with Gasteiger partial charge in [-0.25, -0.2) is 0 Å². The van der Waals surface area contributed by atoms with Crippen LogP contribution in [0.3, 0.4) is 0 Å². The van der Waals surface area contributed by atoms with Crippen LogP contribution in [0.25, 0.3) is 0 Å². The summed E-state index contributed by atoms with van der Waals surface area (Å²) in [4.78, 5) is 24.4. The van der Waals surface area contributed by atoms with Gasteiger partial charge in [0.1, 0.15) is 0 Å². The third-order valence-corrected chi connectivity index (χ3v) is 4.23. The van der Waals surface area contributed by atoms with Crippen molar-refractivity contribution >= 4 is 29.1 Å². The molecule has 0 spiro atoms. The third kappa shape index (κ3) is 5.89. The Bertz CT molecular complexity index is 852. The first-order valence-electron chi connectivity index (χ1n) is 8.92. The van der Waals surface area contributed by atoms with Crippen LogP contribution in [0, 0.1) is 5.92 Å². The summed E-state index contributed by atoms with van der Waals surface area (Å²) in [6, 6.07) is 10.5. The minimum Gasteiger partial charge on any atom is -0.493 e. The van der Waals surface area contributed by atoms with Gasteiger partial charge in [0.25, 0.3) is 5.91 Å². The van der Waals surface area contributed by atoms with Gasteiger partial charge in [0.15, 0.2) is 11.5 Å². The van der Waals surface area contributed by atoms with Gasteiger partial charge in [-0.2, -0.15) is 0 Å². The van der Waals surface area contributed by atoms with Crippen LogP contribution in [0.15, 0.2) is 36.4 Å². The summed E-state index contributed by atoms with van der Waals surface area (Å²) < 4.78 is 10.4. The Morgan fingerprint density at radius 3 is 2.50 bits per heavy atom. The van der Waals surface area contributed by atoms with Crippen molar-refractivity contribution in [2.45, 2.75) is 26.8 Å². The number of nitrogens with one attached hydrogen (secondary N) is 2. The average Bonchev–Trinajstić information content (AvgIpc) is 2.64. The van der Waals surface area contributed by atoms with Crippen molar-refractivity contribution in [2.75, 3.05) is 19.5 Å². The average molecular weight is 405 g/mol. The highest BCUT2D eigenvalue weighted by molar-refractivity contribution is 6.32. The van der Waals surface area contributed by atoms with Crippen molar-refractivity contribution in [2.24, 2.45) is 5.92 Å². The highest BCUT2D eigenvalue weighted by atomic mass is 35.5. The molecule has 0 saturated heterocycles. The van der Waals surface area contributed by atoms with Gasteiger partial charge in [0.2, 0.25) is 5.91 Å². The van der Waals surface area contributed by atoms with Gasteiger partial charge in [-0.05, 0) is 35.7 Å². The van der Waals surface area contributed by atoms with Crippen LogP contribution >= 0.6 is 11.6 Å². The van der Waals surface area contributed by atoms with E-state index >= 15 is 0 Å². The first kappa shape index (κ1) is 21.6. The van der Waals surface area contributed by atoms with Gasteiger partial charge >= 0.3 is 0 Å². The van der Waals surface area contributed by atoms with E-state index in [1.165, 1.54) is 20.3 Å². The summed E-state index contributed by atoms with van der Waals surface area (Å²) in [5.74, 6) is 0.726. The van der Waals surface area contributed by atoms with Crippen molar-refractivity contribution in [3.05, 3.63) is 52.5 Å². The Labute approximate surface area is 170 Å². The molecular weight excluding hydrogens is 380 g/mol. The summed E-state index contributed by atoms with van der Waals surface area (Å²) in [7, 11) is 2.96. The van der Waals surface area contributed by atoms with E-state index < -0.39 is 0 Å². The molecule has 0 aromatic heterocycles. The minimum atomic E-state index is -0.294. The predicted molar refractivity (Wildman–Crippen MR) is 110 cm³/mol. The second-order valence-corrected chi connectivity index (χ2v) is 7.13. The molecule has 2 amide bonds. The quantitative estimate of drug-likeness (QED) is 0.688. The number of methoxy groups -OCH3 is 2. The van der Waals surface area contributed by atoms with Crippen LogP contribution in [0.4, 0.5) is 5.69 Å². The Hall–Kier alpha value is -2.73. The van der Waals surface area contributed by atoms with Gasteiger partial charge in [0, 0.05) is 24.2 Å². The van der Waals surface area contributed by atoms with Crippen LogP contribution in [-0.4, -0.2) is 26.0 Å². The maximum absolute atomic E-state index is 12.5. The van der Waals surface area contributed by atoms with E-state index in [0.29, 0.717) is 40.7 Å². The lowest BCUT2D eigenvalue weighted by molar-refractivity contribution is -0.116. The molecule has 2 rings (SSSR count). The van der Waals surface area contributed by atoms with Gasteiger partial charge in [-0.1, -0.05) is 37.6 Å². The number of rotatable bonds is 8. The first-order chi connectivity index (χ1) is 13.3. The molecular formula is C21H25ClN2O4. The van der Waals surface area contributed by atoms with Crippen molar-refractivity contribution < 1.29 is 19.1 Å². The van der Waals surface area contributed by atoms with Gasteiger partial charge < -0.3 is 20.1 Å². The molecule has 0 saturated carbocycles. The monoisotopic (exact) mass is 404 g/mol. The number of hydrogen-bond acceptors (Lipinski definition) is 4. The van der Waals surface area contributed by atoms with Gasteiger partial charge in [0.05, 0.1) is 19.2 Å². The predicted octanol–water partition coefficient (Wildman–Crippen LogP) is 4.27. The molecule has 2 aromatic rings. The number of benzene rings is 2. The molecule has 7 heteroatoms. The SMILES string of the molecule is COc1cc(C(=O)NCc2cccc(NC(=O)CC(C)C)c2)cc(Cl)c1OC. The molecule has 0 aliphatic carbocycles. The molecule has 0 bridgehead atoms. The standard InChI is InChI=1S/C21H25ClN2O4/c1-13(2)8-19(25)24-16-7-5-6-14(9-16)12-23-21(26)15-10-17(22)20(28-4)18(11-15)27-3/h5-7,9-11,13H,8,12H2,1-4H3,(H,23,26)(H,24,25). The second-order valence-electron chi connectivity index (χ2n) is 6.72. The third-order valence-electron chi connectivity index (χ3n) is 3.95. The zero-order valence-corrected chi connectivity index (χ0v) is 17.2. The van der Waals surface area contributed by atoms with Crippen molar-refractivity contribution in [1.82, 2.24) is 5.32 Å². The maximum Gasteiger partial charge on any atom is 0.251 e. The van der Waals surface area contributed by atoms with Crippen LogP contribution < -0.4 is 20.1 Å². The van der Waals surface area contributed by atoms with Crippen LogP contribution in [0.2, 0.25) is 5.02 Å². The highest BCUT2D eigenvalue weighted by Gasteiger charge is 2.15. The fourth-order valence-electron chi connectivity index (χ4n) is 2.68. The lowest BCUT2D eigenvalue weighted by atomic mass is 10.1. The number of amides is 2. The maximum atomic E-state index is 12.5. The number of ether oxygens (including phenoxy) is 2. The lowest BCUT2D eigenvalue weighted by Gasteiger charge is -2.12. The zero-order valence-electron chi connectivity index (χ0n) is 16.5. The second kappa shape index (κ2) is 9.99. The van der Waals surface area contributed by atoms with Crippen LogP contribution in [0.1, 0.15) is 36.2 Å². The molecule has 0 aliphatic rings. The molecule has 0 fully saturated rings. The molecule has 0 atom stereocenters. The lowest BCUT2D eigenvalue weighted by Crippen LogP contribution is -2.23. The molecule has 0 aliphatic heterocycles. The summed E-state index contributed by atoms with van der Waals surface area (Å²) in [5.41, 5.74) is 1.93. The molecule has 28 heavy (non-hydrogen) atoms. The van der Waals surface area contributed by atoms with Gasteiger partial charge in [-0.3, -0.25) is 9.59 Å². The van der Waals surface area contributed by atoms with E-state index in [2.05, 4.69) is 10.6 Å². The minimum absolute atomic E-state index is 0.0313. The smallest absolute Gasteiger partial charge is 0.251 e. The van der Waals surface area contributed by atoms with Crippen LogP contribution in [0.5, 0.6) is 11.5 Å². The summed E-state index contributed by atoms with van der Waals surface area (Å²) in [6.45, 7) is 4.29. The van der Waals surface area contributed by atoms with Gasteiger partial charge in [-0.15, -0.1) is 0 Å². The van der Waals surface area contributed by atoms with E-state index in [0.717, 1.165) is 5.56 Å². The molecule has 0 unspecified atom stereocenters.